The standard InChI is InChI=1S/C26H16N2O2/c27-16-26(25(29)30,24-13-12-17-6-3-4-11-23(17)28-24)22-10-5-9-20-14-18-7-1-2-8-19(18)15-21(20)22/h1-15H,(H,29,30). The molecule has 0 radical (unpaired) electrons. The van der Waals surface area contributed by atoms with Gasteiger partial charge in [-0.2, -0.15) is 5.26 Å². The van der Waals surface area contributed by atoms with E-state index in [0.29, 0.717) is 11.1 Å². The van der Waals surface area contributed by atoms with Gasteiger partial charge in [0.05, 0.1) is 17.3 Å². The zero-order valence-corrected chi connectivity index (χ0v) is 15.9. The lowest BCUT2D eigenvalue weighted by atomic mass is 9.76. The van der Waals surface area contributed by atoms with Crippen molar-refractivity contribution in [3.05, 3.63) is 102 Å². The molecule has 1 unspecified atom stereocenters. The smallest absolute Gasteiger partial charge is 0.334 e. The lowest BCUT2D eigenvalue weighted by Gasteiger charge is -2.24. The Kier molecular flexibility index (Phi) is 3.97. The first-order valence-corrected chi connectivity index (χ1v) is 9.56. The maximum atomic E-state index is 12.6. The number of nitriles is 1. The highest BCUT2D eigenvalue weighted by molar-refractivity contribution is 6.03. The highest BCUT2D eigenvalue weighted by atomic mass is 16.4. The zero-order valence-electron chi connectivity index (χ0n) is 15.9. The van der Waals surface area contributed by atoms with Crippen LogP contribution in [0.2, 0.25) is 0 Å². The van der Waals surface area contributed by atoms with Gasteiger partial charge in [-0.05, 0) is 51.4 Å². The van der Waals surface area contributed by atoms with Crippen LogP contribution in [0.25, 0.3) is 32.4 Å². The average molecular weight is 388 g/mol. The molecular weight excluding hydrogens is 372 g/mol. The summed E-state index contributed by atoms with van der Waals surface area (Å²) in [5, 5.41) is 25.1. The minimum Gasteiger partial charge on any atom is -0.480 e. The number of fused-ring (bicyclic) bond motifs is 3. The van der Waals surface area contributed by atoms with Gasteiger partial charge in [0.25, 0.3) is 0 Å². The van der Waals surface area contributed by atoms with E-state index < -0.39 is 11.4 Å². The molecule has 0 fully saturated rings. The molecule has 30 heavy (non-hydrogen) atoms. The van der Waals surface area contributed by atoms with Crippen LogP contribution < -0.4 is 0 Å². The Morgan fingerprint density at radius 2 is 1.47 bits per heavy atom. The van der Waals surface area contributed by atoms with E-state index >= 15 is 0 Å². The van der Waals surface area contributed by atoms with E-state index in [9.17, 15) is 15.2 Å². The van der Waals surface area contributed by atoms with Crippen LogP contribution in [0.4, 0.5) is 0 Å². The van der Waals surface area contributed by atoms with Crippen LogP contribution in [0.3, 0.4) is 0 Å². The molecule has 0 aliphatic rings. The summed E-state index contributed by atoms with van der Waals surface area (Å²) in [5.74, 6) is -1.24. The number of aromatic nitrogens is 1. The second-order valence-electron chi connectivity index (χ2n) is 7.28. The molecule has 1 aromatic heterocycles. The van der Waals surface area contributed by atoms with Crippen molar-refractivity contribution in [2.24, 2.45) is 0 Å². The quantitative estimate of drug-likeness (QED) is 0.418. The van der Waals surface area contributed by atoms with Gasteiger partial charge in [0.15, 0.2) is 0 Å². The van der Waals surface area contributed by atoms with Crippen molar-refractivity contribution >= 4 is 38.4 Å². The molecule has 0 aliphatic carbocycles. The van der Waals surface area contributed by atoms with Crippen molar-refractivity contribution in [1.82, 2.24) is 4.98 Å². The first-order chi connectivity index (χ1) is 14.6. The zero-order chi connectivity index (χ0) is 20.7. The number of aliphatic carboxylic acids is 1. The van der Waals surface area contributed by atoms with Gasteiger partial charge in [-0.15, -0.1) is 0 Å². The van der Waals surface area contributed by atoms with Gasteiger partial charge in [-0.25, -0.2) is 4.79 Å². The molecule has 4 aromatic carbocycles. The molecule has 0 bridgehead atoms. The third-order valence-electron chi connectivity index (χ3n) is 5.62. The summed E-state index contributed by atoms with van der Waals surface area (Å²) < 4.78 is 0. The van der Waals surface area contributed by atoms with E-state index in [0.717, 1.165) is 26.9 Å². The van der Waals surface area contributed by atoms with Crippen LogP contribution in [0, 0.1) is 11.3 Å². The van der Waals surface area contributed by atoms with E-state index in [-0.39, 0.29) is 5.69 Å². The third kappa shape index (κ3) is 2.53. The summed E-state index contributed by atoms with van der Waals surface area (Å²) in [6.45, 7) is 0. The molecule has 0 saturated carbocycles. The number of carboxylic acid groups (broad SMARTS) is 1. The van der Waals surface area contributed by atoms with Crippen molar-refractivity contribution < 1.29 is 9.90 Å². The van der Waals surface area contributed by atoms with E-state index in [4.69, 9.17) is 0 Å². The molecule has 4 nitrogen and oxygen atoms in total. The molecule has 0 aliphatic heterocycles. The number of para-hydroxylation sites is 1. The van der Waals surface area contributed by atoms with Gasteiger partial charge in [-0.1, -0.05) is 66.7 Å². The van der Waals surface area contributed by atoms with E-state index in [1.54, 1.807) is 18.2 Å². The van der Waals surface area contributed by atoms with Crippen molar-refractivity contribution in [3.8, 4) is 6.07 Å². The van der Waals surface area contributed by atoms with Crippen molar-refractivity contribution in [2.75, 3.05) is 0 Å². The number of carbonyl (C=O) groups is 1. The van der Waals surface area contributed by atoms with Crippen molar-refractivity contribution in [1.29, 1.82) is 5.26 Å². The number of hydrogen-bond donors (Lipinski definition) is 1. The molecule has 5 rings (SSSR count). The molecular formula is C26H16N2O2. The number of rotatable bonds is 3. The lowest BCUT2D eigenvalue weighted by Crippen LogP contribution is -2.36. The molecule has 0 amide bonds. The number of hydrogen-bond acceptors (Lipinski definition) is 3. The van der Waals surface area contributed by atoms with Crippen molar-refractivity contribution in [3.63, 3.8) is 0 Å². The molecule has 5 aromatic rings. The van der Waals surface area contributed by atoms with Gasteiger partial charge < -0.3 is 5.11 Å². The molecule has 1 N–H and O–H groups in total. The minimum atomic E-state index is -1.92. The summed E-state index contributed by atoms with van der Waals surface area (Å²) in [7, 11) is 0. The minimum absolute atomic E-state index is 0.205. The average Bonchev–Trinajstić information content (AvgIpc) is 2.78. The molecule has 4 heteroatoms. The number of carboxylic acids is 1. The Balaban J connectivity index is 1.87. The van der Waals surface area contributed by atoms with Gasteiger partial charge >= 0.3 is 5.97 Å². The second-order valence-corrected chi connectivity index (χ2v) is 7.28. The van der Waals surface area contributed by atoms with Gasteiger partial charge in [0.1, 0.15) is 0 Å². The first kappa shape index (κ1) is 17.8. The predicted molar refractivity (Wildman–Crippen MR) is 117 cm³/mol. The van der Waals surface area contributed by atoms with Crippen LogP contribution >= 0.6 is 0 Å². The maximum Gasteiger partial charge on any atom is 0.334 e. The Morgan fingerprint density at radius 1 is 0.800 bits per heavy atom. The van der Waals surface area contributed by atoms with Crippen LogP contribution in [0.5, 0.6) is 0 Å². The van der Waals surface area contributed by atoms with Gasteiger partial charge in [0.2, 0.25) is 5.41 Å². The molecule has 0 saturated heterocycles. The van der Waals surface area contributed by atoms with E-state index in [2.05, 4.69) is 11.1 Å². The van der Waals surface area contributed by atoms with Crippen LogP contribution in [-0.4, -0.2) is 16.1 Å². The monoisotopic (exact) mass is 388 g/mol. The molecule has 0 spiro atoms. The SMILES string of the molecule is N#CC(C(=O)O)(c1ccc2ccccc2n1)c1cccc2cc3ccccc3cc12. The summed E-state index contributed by atoms with van der Waals surface area (Å²) >= 11 is 0. The largest absolute Gasteiger partial charge is 0.480 e. The number of pyridine rings is 1. The highest BCUT2D eigenvalue weighted by Gasteiger charge is 2.45. The Bertz CT molecular complexity index is 1500. The van der Waals surface area contributed by atoms with Gasteiger partial charge in [0, 0.05) is 5.39 Å². The fraction of sp³-hybridized carbons (Fsp3) is 0.0385. The normalized spacial score (nSPS) is 13.2. The predicted octanol–water partition coefficient (Wildman–Crippen LogP) is 5.44. The summed E-state index contributed by atoms with van der Waals surface area (Å²) in [6, 6.07) is 30.3. The number of nitrogens with zero attached hydrogens (tertiary/aromatic N) is 2. The fourth-order valence-electron chi connectivity index (χ4n) is 4.10. The topological polar surface area (TPSA) is 74.0 Å². The maximum absolute atomic E-state index is 12.6. The van der Waals surface area contributed by atoms with E-state index in [1.807, 2.05) is 72.8 Å². The highest BCUT2D eigenvalue weighted by Crippen LogP contribution is 2.38. The Morgan fingerprint density at radius 3 is 2.20 bits per heavy atom. The molecule has 1 heterocycles. The molecule has 1 atom stereocenters. The van der Waals surface area contributed by atoms with Crippen LogP contribution in [0.15, 0.2) is 91.0 Å². The van der Waals surface area contributed by atoms with Gasteiger partial charge in [-0.3, -0.25) is 4.98 Å². The molecule has 142 valence electrons. The third-order valence-corrected chi connectivity index (χ3v) is 5.62. The Hall–Kier alpha value is -4.23. The fourth-order valence-corrected chi connectivity index (χ4v) is 4.10. The summed E-state index contributed by atoms with van der Waals surface area (Å²) in [4.78, 5) is 17.2. The summed E-state index contributed by atoms with van der Waals surface area (Å²) in [6.07, 6.45) is 0. The number of benzene rings is 4. The second kappa shape index (κ2) is 6.68. The van der Waals surface area contributed by atoms with E-state index in [1.165, 1.54) is 0 Å². The first-order valence-electron chi connectivity index (χ1n) is 9.56. The van der Waals surface area contributed by atoms with Crippen LogP contribution in [0.1, 0.15) is 11.3 Å². The van der Waals surface area contributed by atoms with Crippen molar-refractivity contribution in [2.45, 2.75) is 5.41 Å². The lowest BCUT2D eigenvalue weighted by molar-refractivity contribution is -0.140. The Labute approximate surface area is 172 Å². The summed E-state index contributed by atoms with van der Waals surface area (Å²) in [5.41, 5.74) is -0.645. The van der Waals surface area contributed by atoms with Crippen LogP contribution in [-0.2, 0) is 10.2 Å².